The Balaban J connectivity index is -0.00000000694. The van der Waals surface area contributed by atoms with Crippen molar-refractivity contribution in [2.75, 3.05) is 0 Å². The van der Waals surface area contributed by atoms with Gasteiger partial charge in [0.1, 0.15) is 33.9 Å². The van der Waals surface area contributed by atoms with Crippen molar-refractivity contribution < 1.29 is 40.5 Å². The molecule has 0 aromatic rings. The van der Waals surface area contributed by atoms with Crippen LogP contribution in [0.15, 0.2) is 0 Å². The smallest absolute Gasteiger partial charge is 0.106 e. The molecular weight excluding hydrogens is 199 g/mol. The molecule has 0 aromatic carbocycles. The van der Waals surface area contributed by atoms with E-state index in [0.717, 1.165) is 0 Å². The van der Waals surface area contributed by atoms with E-state index in [1.54, 1.807) is 0 Å². The molecule has 0 unspecified atom stereocenters. The van der Waals surface area contributed by atoms with Crippen LogP contribution >= 0.6 is 0 Å². The van der Waals surface area contributed by atoms with Crippen LogP contribution in [0, 0.1) is 0 Å². The zero-order chi connectivity index (χ0) is 10.0. The van der Waals surface area contributed by atoms with Crippen molar-refractivity contribution in [2.45, 2.75) is 0 Å². The topological polar surface area (TPSA) is 85.3 Å². The number of hydrogen-bond acceptors (Lipinski definition) is 5. The quantitative estimate of drug-likeness (QED) is 0.481. The summed E-state index contributed by atoms with van der Waals surface area (Å²) < 4.78 is 0. The van der Waals surface area contributed by atoms with E-state index in [2.05, 4.69) is 0 Å². The summed E-state index contributed by atoms with van der Waals surface area (Å²) in [5.74, 6) is 0. The van der Waals surface area contributed by atoms with Crippen LogP contribution in [0.4, 0.5) is 0 Å². The van der Waals surface area contributed by atoms with Gasteiger partial charge in [-0.1, -0.05) is 0 Å². The second-order valence-corrected chi connectivity index (χ2v) is 0. The molecule has 6 heteroatoms. The number of carbonyl (C=O) groups is 5. The molecule has 0 heterocycles. The fourth-order valence-corrected chi connectivity index (χ4v) is 0. The molecule has 0 spiro atoms. The van der Waals surface area contributed by atoms with E-state index < -0.39 is 0 Å². The van der Waals surface area contributed by atoms with Gasteiger partial charge in [-0.2, -0.15) is 0 Å². The van der Waals surface area contributed by atoms with Gasteiger partial charge in [-0.25, -0.2) is 0 Å². The number of hydrogen-bond donors (Lipinski definition) is 0. The summed E-state index contributed by atoms with van der Waals surface area (Å²) in [6.07, 6.45) is 0. The van der Waals surface area contributed by atoms with Crippen LogP contribution in [0.3, 0.4) is 0 Å². The molecular formula is C5H10NiO5. The van der Waals surface area contributed by atoms with E-state index in [1.165, 1.54) is 0 Å². The molecule has 0 saturated carbocycles. The van der Waals surface area contributed by atoms with Gasteiger partial charge in [-0.15, -0.1) is 0 Å². The Morgan fingerprint density at radius 3 is 0.364 bits per heavy atom. The summed E-state index contributed by atoms with van der Waals surface area (Å²) in [5, 5.41) is 0. The molecule has 0 aromatic heterocycles. The fraction of sp³-hybridized carbons (Fsp3) is 0. The largest absolute Gasteiger partial charge is 0.307 e. The first-order valence-electron chi connectivity index (χ1n) is 1.44. The van der Waals surface area contributed by atoms with E-state index in [0.29, 0.717) is 0 Å². The van der Waals surface area contributed by atoms with Crippen molar-refractivity contribution >= 4 is 33.9 Å². The summed E-state index contributed by atoms with van der Waals surface area (Å²) in [5.41, 5.74) is 0. The average Bonchev–Trinajstić information content (AvgIpc) is 2.20. The summed E-state index contributed by atoms with van der Waals surface area (Å²) in [4.78, 5) is 40.0. The Hall–Kier alpha value is -1.16. The molecule has 0 aliphatic heterocycles. The molecule has 5 nitrogen and oxygen atoms in total. The van der Waals surface area contributed by atoms with Crippen molar-refractivity contribution in [3.05, 3.63) is 0 Å². The maximum atomic E-state index is 8.00. The van der Waals surface area contributed by atoms with Crippen LogP contribution in [0.2, 0.25) is 0 Å². The third kappa shape index (κ3) is 310. The molecule has 0 N–H and O–H groups in total. The molecule has 11 heavy (non-hydrogen) atoms. The molecule has 0 aliphatic rings. The summed E-state index contributed by atoms with van der Waals surface area (Å²) >= 11 is 0. The maximum Gasteiger partial charge on any atom is 0.106 e. The predicted molar refractivity (Wildman–Crippen MR) is 35.6 cm³/mol. The van der Waals surface area contributed by atoms with Crippen LogP contribution < -0.4 is 0 Å². The molecule has 0 atom stereocenters. The van der Waals surface area contributed by atoms with Gasteiger partial charge >= 0.3 is 0 Å². The first-order valence-corrected chi connectivity index (χ1v) is 1.44. The Kier molecular flexibility index (Phi) is 1930. The zero-order valence-electron chi connectivity index (χ0n) is 5.89. The summed E-state index contributed by atoms with van der Waals surface area (Å²) in [7, 11) is 0. The monoisotopic (exact) mass is 208 g/mol. The second kappa shape index (κ2) is 407. The van der Waals surface area contributed by atoms with E-state index in [4.69, 9.17) is 24.0 Å². The minimum Gasteiger partial charge on any atom is -0.307 e. The van der Waals surface area contributed by atoms with Gasteiger partial charge in [0.15, 0.2) is 0 Å². The molecule has 0 rings (SSSR count). The summed E-state index contributed by atoms with van der Waals surface area (Å²) in [6.45, 7) is 10.0. The normalized spacial score (nSPS) is 1.82. The fourth-order valence-electron chi connectivity index (χ4n) is 0. The van der Waals surface area contributed by atoms with Gasteiger partial charge in [0.25, 0.3) is 0 Å². The van der Waals surface area contributed by atoms with E-state index in [1.807, 2.05) is 33.9 Å². The van der Waals surface area contributed by atoms with Crippen LogP contribution in [-0.4, -0.2) is 33.9 Å². The number of rotatable bonds is 0. The van der Waals surface area contributed by atoms with E-state index in [9.17, 15) is 0 Å². The van der Waals surface area contributed by atoms with Gasteiger partial charge in [0, 0.05) is 16.5 Å². The Labute approximate surface area is 75.1 Å². The van der Waals surface area contributed by atoms with Crippen molar-refractivity contribution in [1.29, 1.82) is 0 Å². The molecule has 0 amide bonds. The van der Waals surface area contributed by atoms with Crippen LogP contribution in [0.1, 0.15) is 0 Å². The van der Waals surface area contributed by atoms with Crippen LogP contribution in [-0.2, 0) is 40.5 Å². The minimum absolute atomic E-state index is 0. The van der Waals surface area contributed by atoms with Gasteiger partial charge in [0.2, 0.25) is 0 Å². The van der Waals surface area contributed by atoms with Crippen molar-refractivity contribution in [2.24, 2.45) is 0 Å². The third-order valence-electron chi connectivity index (χ3n) is 0. The van der Waals surface area contributed by atoms with Gasteiger partial charge in [0.05, 0.1) is 0 Å². The van der Waals surface area contributed by atoms with E-state index >= 15 is 0 Å². The third-order valence-corrected chi connectivity index (χ3v) is 0. The second-order valence-electron chi connectivity index (χ2n) is 0. The Bertz CT molecular complexity index is 26.4. The molecule has 70 valence electrons. The van der Waals surface area contributed by atoms with Crippen LogP contribution in [0.25, 0.3) is 0 Å². The van der Waals surface area contributed by atoms with Gasteiger partial charge in [-0.3, -0.25) is 0 Å². The molecule has 0 fully saturated rings. The van der Waals surface area contributed by atoms with Crippen molar-refractivity contribution in [3.8, 4) is 0 Å². The first kappa shape index (κ1) is 52.1. The van der Waals surface area contributed by atoms with Gasteiger partial charge in [-0.05, 0) is 0 Å². The predicted octanol–water partition coefficient (Wildman–Crippen LogP) is -0.927. The van der Waals surface area contributed by atoms with Crippen molar-refractivity contribution in [1.82, 2.24) is 0 Å². The molecule has 0 aliphatic carbocycles. The maximum absolute atomic E-state index is 8.00. The molecule has 0 saturated heterocycles. The van der Waals surface area contributed by atoms with Crippen molar-refractivity contribution in [3.63, 3.8) is 0 Å². The summed E-state index contributed by atoms with van der Waals surface area (Å²) in [6, 6.07) is 0. The number of carbonyl (C=O) groups excluding carboxylic acids is 5. The standard InChI is InChI=1S/5CH2O.Ni/c5*1-2;/h5*1H2;. The molecule has 0 radical (unpaired) electrons. The van der Waals surface area contributed by atoms with Crippen LogP contribution in [0.5, 0.6) is 0 Å². The Morgan fingerprint density at radius 2 is 0.364 bits per heavy atom. The SMILES string of the molecule is C=O.C=O.C=O.C=O.C=O.[Ni]. The van der Waals surface area contributed by atoms with E-state index in [-0.39, 0.29) is 16.5 Å². The average molecular weight is 209 g/mol. The first-order chi connectivity index (χ1) is 5.00. The van der Waals surface area contributed by atoms with Gasteiger partial charge < -0.3 is 24.0 Å². The Morgan fingerprint density at radius 1 is 0.364 bits per heavy atom. The zero-order valence-corrected chi connectivity index (χ0v) is 6.88. The minimum atomic E-state index is 0. The molecule has 0 bridgehead atoms.